The second kappa shape index (κ2) is 13.2. The number of methoxy groups -OCH3 is 4. The molecule has 4 aromatic rings. The third-order valence-electron chi connectivity index (χ3n) is 6.43. The Hall–Kier alpha value is -4.91. The number of hydrogen-bond donors (Lipinski definition) is 1. The van der Waals surface area contributed by atoms with E-state index in [0.29, 0.717) is 46.3 Å². The van der Waals surface area contributed by atoms with Crippen LogP contribution in [0.1, 0.15) is 33.7 Å². The minimum Gasteiger partial charge on any atom is -0.497 e. The Morgan fingerprint density at radius 3 is 1.93 bits per heavy atom. The van der Waals surface area contributed by atoms with E-state index >= 15 is 0 Å². The predicted molar refractivity (Wildman–Crippen MR) is 155 cm³/mol. The first-order valence-electron chi connectivity index (χ1n) is 12.6. The molecule has 0 fully saturated rings. The first-order valence-corrected chi connectivity index (χ1v) is 12.6. The summed E-state index contributed by atoms with van der Waals surface area (Å²) >= 11 is 0. The highest BCUT2D eigenvalue weighted by Gasteiger charge is 2.29. The Kier molecular flexibility index (Phi) is 9.31. The van der Waals surface area contributed by atoms with Crippen molar-refractivity contribution in [3.63, 3.8) is 0 Å². The summed E-state index contributed by atoms with van der Waals surface area (Å²) in [6.45, 7) is 0.481. The summed E-state index contributed by atoms with van der Waals surface area (Å²) in [7, 11) is 6.10. The lowest BCUT2D eigenvalue weighted by molar-refractivity contribution is -0.137. The second-order valence-corrected chi connectivity index (χ2v) is 8.93. The number of carboxylic acids is 1. The van der Waals surface area contributed by atoms with E-state index in [1.165, 1.54) is 21.3 Å². The minimum absolute atomic E-state index is 0.387. The SMILES string of the molecule is COc1cc(OC)cc(C(C(=O)O)c2c(/C=C/c3ccc(OCc4ccccc4)cc3)cc(OC)cc2OC)c1. The van der Waals surface area contributed by atoms with Crippen molar-refractivity contribution in [2.75, 3.05) is 28.4 Å². The Morgan fingerprint density at radius 2 is 1.35 bits per heavy atom. The maximum absolute atomic E-state index is 12.7. The quantitative estimate of drug-likeness (QED) is 0.201. The predicted octanol–water partition coefficient (Wildman–Crippen LogP) is 6.69. The van der Waals surface area contributed by atoms with Crippen molar-refractivity contribution in [3.8, 4) is 28.7 Å². The average Bonchev–Trinajstić information content (AvgIpc) is 2.99. The molecule has 0 amide bonds. The summed E-state index contributed by atoms with van der Waals surface area (Å²) in [5.74, 6) is 0.531. The zero-order chi connectivity index (χ0) is 28.5. The Balaban J connectivity index is 1.70. The first kappa shape index (κ1) is 28.1. The van der Waals surface area contributed by atoms with E-state index in [0.717, 1.165) is 16.9 Å². The van der Waals surface area contributed by atoms with E-state index < -0.39 is 11.9 Å². The highest BCUT2D eigenvalue weighted by Crippen LogP contribution is 2.41. The maximum atomic E-state index is 12.7. The molecule has 1 atom stereocenters. The van der Waals surface area contributed by atoms with Crippen LogP contribution in [-0.4, -0.2) is 39.5 Å². The number of carboxylic acid groups (broad SMARTS) is 1. The maximum Gasteiger partial charge on any atom is 0.315 e. The molecule has 0 saturated heterocycles. The van der Waals surface area contributed by atoms with Gasteiger partial charge in [0.05, 0.1) is 28.4 Å². The van der Waals surface area contributed by atoms with Crippen LogP contribution in [0.25, 0.3) is 12.2 Å². The van der Waals surface area contributed by atoms with Crippen LogP contribution in [0.2, 0.25) is 0 Å². The van der Waals surface area contributed by atoms with Crippen LogP contribution >= 0.6 is 0 Å². The largest absolute Gasteiger partial charge is 0.497 e. The lowest BCUT2D eigenvalue weighted by Crippen LogP contribution is -2.16. The zero-order valence-corrected chi connectivity index (χ0v) is 22.9. The topological polar surface area (TPSA) is 83.5 Å². The third-order valence-corrected chi connectivity index (χ3v) is 6.43. The third kappa shape index (κ3) is 6.74. The first-order chi connectivity index (χ1) is 19.4. The monoisotopic (exact) mass is 540 g/mol. The van der Waals surface area contributed by atoms with Crippen LogP contribution in [0.3, 0.4) is 0 Å². The van der Waals surface area contributed by atoms with Gasteiger partial charge in [0.2, 0.25) is 0 Å². The van der Waals surface area contributed by atoms with Crippen molar-refractivity contribution < 1.29 is 33.6 Å². The number of ether oxygens (including phenoxy) is 5. The van der Waals surface area contributed by atoms with E-state index in [1.54, 1.807) is 37.4 Å². The molecular formula is C33H32O7. The summed E-state index contributed by atoms with van der Waals surface area (Å²) in [5, 5.41) is 10.4. The standard InChI is InChI=1S/C33H32O7/c1-36-27-17-25(18-28(19-27)37-2)32(33(34)35)31-24(16-29(38-3)20-30(31)39-4)13-10-22-11-14-26(15-12-22)40-21-23-8-6-5-7-9-23/h5-20,32H,21H2,1-4H3,(H,34,35)/b13-10+. The van der Waals surface area contributed by atoms with Gasteiger partial charge in [-0.2, -0.15) is 0 Å². The van der Waals surface area contributed by atoms with E-state index in [9.17, 15) is 9.90 Å². The summed E-state index contributed by atoms with van der Waals surface area (Å²) in [6, 6.07) is 26.2. The number of benzene rings is 4. The average molecular weight is 541 g/mol. The molecule has 4 rings (SSSR count). The van der Waals surface area contributed by atoms with Crippen molar-refractivity contribution in [2.24, 2.45) is 0 Å². The summed E-state index contributed by atoms with van der Waals surface area (Å²) in [4.78, 5) is 12.7. The molecule has 0 bridgehead atoms. The fourth-order valence-electron chi connectivity index (χ4n) is 4.39. The molecule has 0 aromatic heterocycles. The van der Waals surface area contributed by atoms with Gasteiger partial charge in [0.1, 0.15) is 41.3 Å². The molecule has 1 N–H and O–H groups in total. The van der Waals surface area contributed by atoms with Crippen LogP contribution in [0, 0.1) is 0 Å². The second-order valence-electron chi connectivity index (χ2n) is 8.93. The van der Waals surface area contributed by atoms with E-state index in [4.69, 9.17) is 23.7 Å². The molecular weight excluding hydrogens is 508 g/mol. The summed E-state index contributed by atoms with van der Waals surface area (Å²) in [6.07, 6.45) is 3.76. The fraction of sp³-hybridized carbons (Fsp3) is 0.182. The van der Waals surface area contributed by atoms with E-state index in [-0.39, 0.29) is 0 Å². The van der Waals surface area contributed by atoms with Crippen LogP contribution in [0.4, 0.5) is 0 Å². The van der Waals surface area contributed by atoms with Gasteiger partial charge in [-0.1, -0.05) is 54.6 Å². The van der Waals surface area contributed by atoms with Crippen LogP contribution in [0.5, 0.6) is 28.7 Å². The Labute approximate surface area is 234 Å². The molecule has 1 unspecified atom stereocenters. The molecule has 0 aliphatic rings. The van der Waals surface area contributed by atoms with Gasteiger partial charge in [-0.05, 0) is 52.6 Å². The van der Waals surface area contributed by atoms with Crippen molar-refractivity contribution in [1.82, 2.24) is 0 Å². The zero-order valence-electron chi connectivity index (χ0n) is 22.9. The van der Waals surface area contributed by atoms with Crippen molar-refractivity contribution in [2.45, 2.75) is 12.5 Å². The Bertz CT molecular complexity index is 1440. The Morgan fingerprint density at radius 1 is 0.725 bits per heavy atom. The van der Waals surface area contributed by atoms with Gasteiger partial charge in [-0.25, -0.2) is 0 Å². The molecule has 7 nitrogen and oxygen atoms in total. The lowest BCUT2D eigenvalue weighted by atomic mass is 9.86. The minimum atomic E-state index is -1.07. The van der Waals surface area contributed by atoms with Gasteiger partial charge in [-0.15, -0.1) is 0 Å². The smallest absolute Gasteiger partial charge is 0.315 e. The van der Waals surface area contributed by atoms with Crippen LogP contribution < -0.4 is 23.7 Å². The molecule has 4 aromatic carbocycles. The molecule has 0 radical (unpaired) electrons. The lowest BCUT2D eigenvalue weighted by Gasteiger charge is -2.21. The van der Waals surface area contributed by atoms with E-state index in [1.807, 2.05) is 66.7 Å². The molecule has 40 heavy (non-hydrogen) atoms. The van der Waals surface area contributed by atoms with Crippen molar-refractivity contribution in [3.05, 3.63) is 113 Å². The van der Waals surface area contributed by atoms with Crippen molar-refractivity contribution >= 4 is 18.1 Å². The number of rotatable bonds is 12. The van der Waals surface area contributed by atoms with Gasteiger partial charge in [0.25, 0.3) is 0 Å². The van der Waals surface area contributed by atoms with Crippen molar-refractivity contribution in [1.29, 1.82) is 0 Å². The van der Waals surface area contributed by atoms with Gasteiger partial charge in [0.15, 0.2) is 0 Å². The molecule has 0 heterocycles. The number of aliphatic carboxylic acids is 1. The fourth-order valence-corrected chi connectivity index (χ4v) is 4.39. The summed E-state index contributed by atoms with van der Waals surface area (Å²) < 4.78 is 27.8. The summed E-state index contributed by atoms with van der Waals surface area (Å²) in [5.41, 5.74) is 3.60. The highest BCUT2D eigenvalue weighted by atomic mass is 16.5. The molecule has 0 aliphatic carbocycles. The number of hydrogen-bond acceptors (Lipinski definition) is 6. The molecule has 206 valence electrons. The normalized spacial score (nSPS) is 11.6. The van der Waals surface area contributed by atoms with Gasteiger partial charge in [-0.3, -0.25) is 4.79 Å². The highest BCUT2D eigenvalue weighted by molar-refractivity contribution is 5.86. The molecule has 0 aliphatic heterocycles. The molecule has 7 heteroatoms. The van der Waals surface area contributed by atoms with Crippen LogP contribution in [0.15, 0.2) is 84.9 Å². The van der Waals surface area contributed by atoms with Crippen LogP contribution in [-0.2, 0) is 11.4 Å². The number of carbonyl (C=O) groups is 1. The van der Waals surface area contributed by atoms with E-state index in [2.05, 4.69) is 0 Å². The van der Waals surface area contributed by atoms with Gasteiger partial charge in [0, 0.05) is 17.7 Å². The molecule has 0 saturated carbocycles. The van der Waals surface area contributed by atoms with Gasteiger partial charge >= 0.3 is 5.97 Å². The molecule has 0 spiro atoms. The van der Waals surface area contributed by atoms with Gasteiger partial charge < -0.3 is 28.8 Å².